The van der Waals surface area contributed by atoms with Crippen LogP contribution in [0.5, 0.6) is 0 Å². The van der Waals surface area contributed by atoms with Gasteiger partial charge in [0.15, 0.2) is 0 Å². The number of ether oxygens (including phenoxy) is 2. The number of rotatable bonds is 2. The van der Waals surface area contributed by atoms with Gasteiger partial charge in [0, 0.05) is 38.5 Å². The fourth-order valence-electron chi connectivity index (χ4n) is 0.0833. The van der Waals surface area contributed by atoms with Crippen molar-refractivity contribution in [3.63, 3.8) is 0 Å². The predicted molar refractivity (Wildman–Crippen MR) is 37.5 cm³/mol. The van der Waals surface area contributed by atoms with E-state index in [0.717, 1.165) is 0 Å². The summed E-state index contributed by atoms with van der Waals surface area (Å²) in [5, 5.41) is 8.69. The van der Waals surface area contributed by atoms with E-state index in [4.69, 9.17) is 5.11 Å². The second-order valence-electron chi connectivity index (χ2n) is 1.31. The van der Waals surface area contributed by atoms with Crippen LogP contribution in [0.2, 0.25) is 0 Å². The van der Waals surface area contributed by atoms with Crippen LogP contribution in [0.3, 0.4) is 0 Å². The average molecular weight is 157 g/mol. The van der Waals surface area contributed by atoms with Crippen molar-refractivity contribution in [1.29, 1.82) is 0 Å². The van der Waals surface area contributed by atoms with Crippen LogP contribution >= 0.6 is 0 Å². The van der Waals surface area contributed by atoms with Gasteiger partial charge in [-0.15, -0.1) is 0 Å². The summed E-state index contributed by atoms with van der Waals surface area (Å²) in [7, 11) is 2.73. The van der Waals surface area contributed by atoms with Gasteiger partial charge in [0.1, 0.15) is 0 Å². The topological polar surface area (TPSA) is 38.7 Å². The molecule has 0 aliphatic carbocycles. The molecule has 0 aliphatic rings. The zero-order valence-electron chi connectivity index (χ0n) is 5.34. The van der Waals surface area contributed by atoms with E-state index in [1.165, 1.54) is 21.1 Å². The molecule has 0 aliphatic heterocycles. The molecular weight excluding hydrogens is 146 g/mol. The van der Waals surface area contributed by atoms with E-state index in [0.29, 0.717) is 0 Å². The van der Waals surface area contributed by atoms with Crippen LogP contribution in [-0.4, -0.2) is 72.2 Å². The molecule has 0 spiro atoms. The molecule has 0 rings (SSSR count). The van der Waals surface area contributed by atoms with Gasteiger partial charge >= 0.3 is 29.6 Å². The molecule has 0 heterocycles. The van der Waals surface area contributed by atoms with Gasteiger partial charge in [-0.2, -0.15) is 0 Å². The molecule has 0 aromatic rings. The summed E-state index contributed by atoms with van der Waals surface area (Å²) in [5.41, 5.74) is 0. The molecule has 49 valence electrons. The minimum absolute atomic E-state index is 0. The second kappa shape index (κ2) is 7.52. The summed E-state index contributed by atoms with van der Waals surface area (Å²) >= 11 is 0. The van der Waals surface area contributed by atoms with Crippen molar-refractivity contribution >= 4 is 46.9 Å². The van der Waals surface area contributed by atoms with E-state index in [2.05, 4.69) is 9.47 Å². The normalized spacial score (nSPS) is 9.33. The van der Waals surface area contributed by atoms with Gasteiger partial charge in [0.2, 0.25) is 0 Å². The molecule has 0 aromatic carbocycles. The van der Waals surface area contributed by atoms with Gasteiger partial charge in [-0.25, -0.2) is 0 Å². The second-order valence-corrected chi connectivity index (χ2v) is 1.31. The first-order chi connectivity index (χ1) is 3.12. The van der Waals surface area contributed by atoms with Crippen molar-refractivity contribution in [2.24, 2.45) is 0 Å². The molecule has 0 atom stereocenters. The first-order valence-corrected chi connectivity index (χ1v) is 1.95. The van der Waals surface area contributed by atoms with Crippen molar-refractivity contribution in [1.82, 2.24) is 0 Å². The Kier molecular flexibility index (Phi) is 14.0. The van der Waals surface area contributed by atoms with E-state index in [1.807, 2.05) is 0 Å². The van der Waals surface area contributed by atoms with Crippen molar-refractivity contribution in [3.05, 3.63) is 0 Å². The van der Waals surface area contributed by atoms with E-state index >= 15 is 0 Å². The molecule has 3 nitrogen and oxygen atoms in total. The summed E-state index contributed by atoms with van der Waals surface area (Å²) < 4.78 is 8.84. The molecule has 0 aromatic heterocycles. The molecule has 0 saturated carbocycles. The third kappa shape index (κ3) is 9.41. The monoisotopic (exact) mass is 157 g/mol. The fourth-order valence-corrected chi connectivity index (χ4v) is 0.0833. The summed E-state index contributed by atoms with van der Waals surface area (Å²) in [4.78, 5) is 0. The van der Waals surface area contributed by atoms with Crippen LogP contribution < -0.4 is 0 Å². The van der Waals surface area contributed by atoms with Gasteiger partial charge in [-0.05, 0) is 0 Å². The summed E-state index contributed by atoms with van der Waals surface area (Å²) in [6.07, 6.45) is 0. The van der Waals surface area contributed by atoms with Crippen LogP contribution in [0.4, 0.5) is 0 Å². The van der Waals surface area contributed by atoms with Crippen LogP contribution in [0.1, 0.15) is 6.92 Å². The Morgan fingerprint density at radius 3 is 1.44 bits per heavy atom. The Morgan fingerprint density at radius 2 is 1.44 bits per heavy atom. The van der Waals surface area contributed by atoms with Crippen molar-refractivity contribution in [2.45, 2.75) is 12.9 Å². The average Bonchev–Trinajstić information content (AvgIpc) is 1.68. The molecule has 0 unspecified atom stereocenters. The summed E-state index contributed by atoms with van der Waals surface area (Å²) in [6.45, 7) is 1.41. The zero-order chi connectivity index (χ0) is 5.91. The molecule has 1 N–H and O–H groups in total. The van der Waals surface area contributed by atoms with Gasteiger partial charge < -0.3 is 14.6 Å². The van der Waals surface area contributed by atoms with Gasteiger partial charge in [0.05, 0.1) is 0 Å². The molecule has 0 bridgehead atoms. The van der Waals surface area contributed by atoms with Crippen LogP contribution in [0.25, 0.3) is 0 Å². The molecular formula is C4H11AlNaO3. The van der Waals surface area contributed by atoms with Gasteiger partial charge in [-0.3, -0.25) is 0 Å². The van der Waals surface area contributed by atoms with E-state index in [9.17, 15) is 0 Å². The first kappa shape index (κ1) is 16.8. The van der Waals surface area contributed by atoms with Crippen LogP contribution in [0, 0.1) is 0 Å². The Morgan fingerprint density at radius 1 is 1.22 bits per heavy atom. The van der Waals surface area contributed by atoms with Gasteiger partial charge in [-0.1, -0.05) is 0 Å². The Labute approximate surface area is 88.1 Å². The molecule has 9 heavy (non-hydrogen) atoms. The molecule has 5 heteroatoms. The summed E-state index contributed by atoms with van der Waals surface area (Å²) in [5.74, 6) is -1.42. The number of hydrogen-bond acceptors (Lipinski definition) is 3. The molecule has 0 saturated heterocycles. The number of hydrogen-bond donors (Lipinski definition) is 1. The minimum atomic E-state index is -1.42. The van der Waals surface area contributed by atoms with E-state index in [-0.39, 0.29) is 46.9 Å². The van der Waals surface area contributed by atoms with E-state index < -0.39 is 5.97 Å². The maximum absolute atomic E-state index is 8.69. The van der Waals surface area contributed by atoms with Gasteiger partial charge in [0.25, 0.3) is 5.97 Å². The Bertz CT molecular complexity index is 53.8. The maximum atomic E-state index is 8.69. The fraction of sp³-hybridized carbons (Fsp3) is 1.00. The quantitative estimate of drug-likeness (QED) is 0.409. The third-order valence-electron chi connectivity index (χ3n) is 0.757. The van der Waals surface area contributed by atoms with E-state index in [1.54, 1.807) is 0 Å². The Balaban J connectivity index is -0.000000180. The van der Waals surface area contributed by atoms with Crippen LogP contribution in [-0.2, 0) is 9.47 Å². The standard InChI is InChI=1S/C4H10O3.Al.Na.H/c1-4(5,6-2)7-3;;;/h5H,1-3H3;;;. The molecule has 0 amide bonds. The number of methoxy groups -OCH3 is 2. The van der Waals surface area contributed by atoms with Crippen molar-refractivity contribution < 1.29 is 14.6 Å². The van der Waals surface area contributed by atoms with Crippen molar-refractivity contribution in [2.75, 3.05) is 14.2 Å². The molecule has 3 radical (unpaired) electrons. The molecule has 0 fully saturated rings. The SMILES string of the molecule is COC(C)(O)OC.[Al].[NaH]. The summed E-state index contributed by atoms with van der Waals surface area (Å²) in [6, 6.07) is 0. The zero-order valence-corrected chi connectivity index (χ0v) is 6.50. The first-order valence-electron chi connectivity index (χ1n) is 1.95. The Hall–Kier alpha value is 1.41. The van der Waals surface area contributed by atoms with Crippen LogP contribution in [0.15, 0.2) is 0 Å². The predicted octanol–water partition coefficient (Wildman–Crippen LogP) is -1.08. The third-order valence-corrected chi connectivity index (χ3v) is 0.757. The number of aliphatic hydroxyl groups is 1. The van der Waals surface area contributed by atoms with Crippen molar-refractivity contribution in [3.8, 4) is 0 Å².